The summed E-state index contributed by atoms with van der Waals surface area (Å²) in [4.78, 5) is 0. The van der Waals surface area contributed by atoms with Crippen molar-refractivity contribution >= 4 is 10.8 Å². The van der Waals surface area contributed by atoms with Crippen molar-refractivity contribution in [3.63, 3.8) is 0 Å². The van der Waals surface area contributed by atoms with Gasteiger partial charge in [-0.3, -0.25) is 0 Å². The summed E-state index contributed by atoms with van der Waals surface area (Å²) in [6, 6.07) is 12.7. The molecule has 0 heterocycles. The second-order valence-corrected chi connectivity index (χ2v) is 5.10. The molecule has 0 aromatic heterocycles. The fraction of sp³-hybridized carbons (Fsp3) is 0.375. The molecule has 2 rings (SSSR count). The molecule has 96 valence electrons. The van der Waals surface area contributed by atoms with E-state index in [4.69, 9.17) is 0 Å². The van der Waals surface area contributed by atoms with Crippen molar-refractivity contribution in [2.24, 2.45) is 0 Å². The monoisotopic (exact) mass is 243 g/mol. The van der Waals surface area contributed by atoms with Gasteiger partial charge in [0.2, 0.25) is 0 Å². The van der Waals surface area contributed by atoms with Crippen LogP contribution in [-0.4, -0.2) is 17.7 Å². The maximum atomic E-state index is 10.3. The third-order valence-corrected chi connectivity index (χ3v) is 3.25. The molecule has 2 heteroatoms. The summed E-state index contributed by atoms with van der Waals surface area (Å²) in [7, 11) is 0. The molecule has 0 saturated heterocycles. The number of aryl methyl sites for hydroxylation is 1. The van der Waals surface area contributed by atoms with Gasteiger partial charge in [0.1, 0.15) is 0 Å². The Labute approximate surface area is 109 Å². The third kappa shape index (κ3) is 2.71. The van der Waals surface area contributed by atoms with Crippen molar-refractivity contribution in [2.45, 2.75) is 32.9 Å². The Balaban J connectivity index is 2.36. The predicted molar refractivity (Wildman–Crippen MR) is 76.8 cm³/mol. The van der Waals surface area contributed by atoms with E-state index in [1.54, 1.807) is 0 Å². The molecule has 1 atom stereocenters. The van der Waals surface area contributed by atoms with Crippen LogP contribution in [-0.2, 0) is 0 Å². The molecular formula is C16H21NO. The second kappa shape index (κ2) is 5.51. The lowest BCUT2D eigenvalue weighted by Crippen LogP contribution is -2.28. The maximum absolute atomic E-state index is 10.3. The van der Waals surface area contributed by atoms with Crippen LogP contribution in [0.3, 0.4) is 0 Å². The summed E-state index contributed by atoms with van der Waals surface area (Å²) in [5, 5.41) is 15.9. The number of nitrogens with one attached hydrogen (secondary N) is 1. The summed E-state index contributed by atoms with van der Waals surface area (Å²) < 4.78 is 0. The van der Waals surface area contributed by atoms with Crippen LogP contribution in [0.4, 0.5) is 0 Å². The molecule has 0 fully saturated rings. The molecule has 18 heavy (non-hydrogen) atoms. The molecule has 0 aliphatic rings. The van der Waals surface area contributed by atoms with Crippen molar-refractivity contribution in [1.29, 1.82) is 0 Å². The van der Waals surface area contributed by atoms with Gasteiger partial charge in [-0.05, 0) is 28.8 Å². The molecule has 2 aromatic carbocycles. The van der Waals surface area contributed by atoms with Gasteiger partial charge in [-0.15, -0.1) is 0 Å². The van der Waals surface area contributed by atoms with E-state index in [2.05, 4.69) is 44.3 Å². The van der Waals surface area contributed by atoms with Crippen LogP contribution in [0.15, 0.2) is 36.4 Å². The number of aliphatic hydroxyl groups is 1. The molecule has 0 saturated carbocycles. The van der Waals surface area contributed by atoms with Crippen LogP contribution in [0.5, 0.6) is 0 Å². The highest BCUT2D eigenvalue weighted by Gasteiger charge is 2.12. The van der Waals surface area contributed by atoms with Gasteiger partial charge in [-0.25, -0.2) is 0 Å². The molecule has 0 aliphatic carbocycles. The third-order valence-electron chi connectivity index (χ3n) is 3.25. The average molecular weight is 243 g/mol. The maximum Gasteiger partial charge on any atom is 0.0920 e. The highest BCUT2D eigenvalue weighted by molar-refractivity contribution is 5.88. The highest BCUT2D eigenvalue weighted by atomic mass is 16.3. The van der Waals surface area contributed by atoms with E-state index < -0.39 is 6.10 Å². The van der Waals surface area contributed by atoms with Crippen LogP contribution < -0.4 is 5.32 Å². The summed E-state index contributed by atoms with van der Waals surface area (Å²) in [6.45, 7) is 6.86. The zero-order valence-corrected chi connectivity index (χ0v) is 11.3. The average Bonchev–Trinajstić information content (AvgIpc) is 2.37. The van der Waals surface area contributed by atoms with Gasteiger partial charge in [-0.2, -0.15) is 0 Å². The van der Waals surface area contributed by atoms with Crippen molar-refractivity contribution in [2.75, 3.05) is 6.54 Å². The lowest BCUT2D eigenvalue weighted by atomic mass is 9.97. The van der Waals surface area contributed by atoms with Crippen LogP contribution in [0, 0.1) is 6.92 Å². The fourth-order valence-corrected chi connectivity index (χ4v) is 2.22. The number of rotatable bonds is 4. The van der Waals surface area contributed by atoms with Crippen LogP contribution in [0.2, 0.25) is 0 Å². The zero-order valence-electron chi connectivity index (χ0n) is 11.3. The summed E-state index contributed by atoms with van der Waals surface area (Å²) in [5.74, 6) is 0. The minimum atomic E-state index is -0.460. The first-order valence-corrected chi connectivity index (χ1v) is 6.49. The number of aliphatic hydroxyl groups excluding tert-OH is 1. The number of benzene rings is 2. The van der Waals surface area contributed by atoms with Crippen molar-refractivity contribution in [3.05, 3.63) is 47.5 Å². The molecule has 0 spiro atoms. The normalized spacial score (nSPS) is 13.2. The lowest BCUT2D eigenvalue weighted by molar-refractivity contribution is 0.173. The summed E-state index contributed by atoms with van der Waals surface area (Å²) >= 11 is 0. The van der Waals surface area contributed by atoms with Crippen molar-refractivity contribution in [3.8, 4) is 0 Å². The quantitative estimate of drug-likeness (QED) is 0.864. The summed E-state index contributed by atoms with van der Waals surface area (Å²) in [5.41, 5.74) is 2.25. The van der Waals surface area contributed by atoms with Crippen molar-refractivity contribution < 1.29 is 5.11 Å². The van der Waals surface area contributed by atoms with E-state index in [0.29, 0.717) is 12.6 Å². The Morgan fingerprint density at radius 1 is 1.06 bits per heavy atom. The molecule has 0 amide bonds. The van der Waals surface area contributed by atoms with E-state index in [0.717, 1.165) is 10.9 Å². The Bertz CT molecular complexity index is 534. The first-order valence-electron chi connectivity index (χ1n) is 6.49. The number of fused-ring (bicyclic) bond motifs is 1. The molecule has 2 N–H and O–H groups in total. The van der Waals surface area contributed by atoms with Gasteiger partial charge in [0, 0.05) is 12.6 Å². The first-order chi connectivity index (χ1) is 8.59. The van der Waals surface area contributed by atoms with Crippen LogP contribution in [0.1, 0.15) is 31.1 Å². The highest BCUT2D eigenvalue weighted by Crippen LogP contribution is 2.26. The molecular weight excluding hydrogens is 222 g/mol. The molecule has 2 aromatic rings. The number of hydrogen-bond donors (Lipinski definition) is 2. The van der Waals surface area contributed by atoms with Gasteiger partial charge in [0.05, 0.1) is 6.10 Å². The van der Waals surface area contributed by atoms with E-state index in [1.807, 2.05) is 18.2 Å². The minimum Gasteiger partial charge on any atom is -0.387 e. The molecule has 0 aliphatic heterocycles. The van der Waals surface area contributed by atoms with Crippen molar-refractivity contribution in [1.82, 2.24) is 5.32 Å². The first kappa shape index (κ1) is 13.1. The topological polar surface area (TPSA) is 32.3 Å². The Morgan fingerprint density at radius 3 is 2.39 bits per heavy atom. The van der Waals surface area contributed by atoms with E-state index in [9.17, 15) is 5.11 Å². The predicted octanol–water partition coefficient (Wildman–Crippen LogP) is 3.18. The molecule has 0 bridgehead atoms. The Morgan fingerprint density at radius 2 is 1.72 bits per heavy atom. The van der Waals surface area contributed by atoms with E-state index in [1.165, 1.54) is 10.9 Å². The second-order valence-electron chi connectivity index (χ2n) is 5.10. The van der Waals surface area contributed by atoms with E-state index in [-0.39, 0.29) is 0 Å². The van der Waals surface area contributed by atoms with Gasteiger partial charge in [0.25, 0.3) is 0 Å². The standard InChI is InChI=1S/C16H21NO/c1-11(2)17-10-16(18)15-9-8-12(3)13-6-4-5-7-14(13)15/h4-9,11,16-18H,10H2,1-3H3. The zero-order chi connectivity index (χ0) is 13.1. The smallest absolute Gasteiger partial charge is 0.0920 e. The minimum absolute atomic E-state index is 0.386. The van der Waals surface area contributed by atoms with Crippen LogP contribution >= 0.6 is 0 Å². The van der Waals surface area contributed by atoms with E-state index >= 15 is 0 Å². The number of hydrogen-bond acceptors (Lipinski definition) is 2. The molecule has 2 nitrogen and oxygen atoms in total. The van der Waals surface area contributed by atoms with Gasteiger partial charge >= 0.3 is 0 Å². The summed E-state index contributed by atoms with van der Waals surface area (Å²) in [6.07, 6.45) is -0.460. The molecule has 1 unspecified atom stereocenters. The largest absolute Gasteiger partial charge is 0.387 e. The fourth-order valence-electron chi connectivity index (χ4n) is 2.22. The molecule has 0 radical (unpaired) electrons. The van der Waals surface area contributed by atoms with Gasteiger partial charge in [-0.1, -0.05) is 50.2 Å². The van der Waals surface area contributed by atoms with Gasteiger partial charge in [0.15, 0.2) is 0 Å². The van der Waals surface area contributed by atoms with Crippen LogP contribution in [0.25, 0.3) is 10.8 Å². The Hall–Kier alpha value is -1.38. The van der Waals surface area contributed by atoms with Gasteiger partial charge < -0.3 is 10.4 Å². The lowest BCUT2D eigenvalue weighted by Gasteiger charge is -2.17. The SMILES string of the molecule is Cc1ccc(C(O)CNC(C)C)c2ccccc12. The Kier molecular flexibility index (Phi) is 4.00.